The molecule has 0 bridgehead atoms. The van der Waals surface area contributed by atoms with Crippen LogP contribution < -0.4 is 0 Å². The summed E-state index contributed by atoms with van der Waals surface area (Å²) < 4.78 is 0. The van der Waals surface area contributed by atoms with Gasteiger partial charge in [-0.25, -0.2) is 4.79 Å². The summed E-state index contributed by atoms with van der Waals surface area (Å²) in [5, 5.41) is 19.2. The van der Waals surface area contributed by atoms with Crippen LogP contribution in [0, 0.1) is 17.0 Å². The molecule has 1 N–H and O–H groups in total. The summed E-state index contributed by atoms with van der Waals surface area (Å²) in [6.07, 6.45) is 0. The summed E-state index contributed by atoms with van der Waals surface area (Å²) in [6, 6.07) is 2.18. The number of carbonyl (C=O) groups is 1. The van der Waals surface area contributed by atoms with Gasteiger partial charge in [0.2, 0.25) is 0 Å². The Morgan fingerprint density at radius 2 is 2.14 bits per heavy atom. The van der Waals surface area contributed by atoms with Crippen LogP contribution in [0.25, 0.3) is 0 Å². The predicted octanol–water partition coefficient (Wildman–Crippen LogP) is 2.25. The maximum Gasteiger partial charge on any atom is 0.335 e. The zero-order valence-electron chi connectivity index (χ0n) is 7.15. The maximum atomic E-state index is 10.6. The van der Waals surface area contributed by atoms with Crippen LogP contribution in [0.15, 0.2) is 12.1 Å². The lowest BCUT2D eigenvalue weighted by molar-refractivity contribution is -0.385. The van der Waals surface area contributed by atoms with Crippen LogP contribution in [-0.4, -0.2) is 16.0 Å². The topological polar surface area (TPSA) is 80.4 Å². The molecule has 0 aromatic heterocycles. The van der Waals surface area contributed by atoms with Gasteiger partial charge in [0.05, 0.1) is 15.5 Å². The molecule has 6 heteroatoms. The number of hydrogen-bond acceptors (Lipinski definition) is 3. The summed E-state index contributed by atoms with van der Waals surface area (Å²) >= 11 is 5.64. The number of halogens is 1. The van der Waals surface area contributed by atoms with E-state index in [1.807, 2.05) is 0 Å². The number of nitro groups is 1. The van der Waals surface area contributed by atoms with Gasteiger partial charge in [-0.2, -0.15) is 0 Å². The third kappa shape index (κ3) is 1.82. The highest BCUT2D eigenvalue weighted by Gasteiger charge is 2.17. The number of carboxylic acid groups (broad SMARTS) is 1. The molecule has 5 nitrogen and oxygen atoms in total. The molecule has 0 aliphatic heterocycles. The molecule has 14 heavy (non-hydrogen) atoms. The van der Waals surface area contributed by atoms with Crippen LogP contribution in [0.2, 0.25) is 5.02 Å². The van der Waals surface area contributed by atoms with E-state index in [-0.39, 0.29) is 21.8 Å². The molecule has 1 rings (SSSR count). The fourth-order valence-corrected chi connectivity index (χ4v) is 1.19. The van der Waals surface area contributed by atoms with Gasteiger partial charge in [-0.15, -0.1) is 0 Å². The fraction of sp³-hybridized carbons (Fsp3) is 0.125. The van der Waals surface area contributed by atoms with Crippen molar-refractivity contribution >= 4 is 23.3 Å². The molecule has 0 atom stereocenters. The molecule has 0 unspecified atom stereocenters. The minimum absolute atomic E-state index is 0.0802. The summed E-state index contributed by atoms with van der Waals surface area (Å²) in [4.78, 5) is 20.4. The highest BCUT2D eigenvalue weighted by molar-refractivity contribution is 6.32. The monoisotopic (exact) mass is 215 g/mol. The summed E-state index contributed by atoms with van der Waals surface area (Å²) in [5.74, 6) is -1.24. The quantitative estimate of drug-likeness (QED) is 0.606. The van der Waals surface area contributed by atoms with E-state index in [2.05, 4.69) is 0 Å². The van der Waals surface area contributed by atoms with E-state index < -0.39 is 10.9 Å². The van der Waals surface area contributed by atoms with Gasteiger partial charge in [0.15, 0.2) is 0 Å². The smallest absolute Gasteiger partial charge is 0.335 e. The number of hydrogen-bond donors (Lipinski definition) is 1. The lowest BCUT2D eigenvalue weighted by Gasteiger charge is -2.01. The first-order valence-electron chi connectivity index (χ1n) is 3.61. The highest BCUT2D eigenvalue weighted by Crippen LogP contribution is 2.27. The Kier molecular flexibility index (Phi) is 2.71. The lowest BCUT2D eigenvalue weighted by Crippen LogP contribution is -2.00. The van der Waals surface area contributed by atoms with Crippen molar-refractivity contribution in [1.82, 2.24) is 0 Å². The van der Waals surface area contributed by atoms with Crippen LogP contribution in [0.4, 0.5) is 5.69 Å². The molecule has 0 fully saturated rings. The third-order valence-corrected chi connectivity index (χ3v) is 2.15. The number of rotatable bonds is 2. The van der Waals surface area contributed by atoms with Gasteiger partial charge in [0.1, 0.15) is 0 Å². The van der Waals surface area contributed by atoms with Gasteiger partial charge in [0.25, 0.3) is 5.69 Å². The standard InChI is InChI=1S/C8H6ClNO4/c1-4-6(9)2-5(8(11)12)3-7(4)10(13)14/h2-3H,1H3,(H,11,12). The lowest BCUT2D eigenvalue weighted by atomic mass is 10.1. The van der Waals surface area contributed by atoms with Crippen molar-refractivity contribution in [2.75, 3.05) is 0 Å². The molecule has 74 valence electrons. The second kappa shape index (κ2) is 3.63. The van der Waals surface area contributed by atoms with Crippen molar-refractivity contribution in [2.45, 2.75) is 6.92 Å². The molecule has 1 aromatic rings. The Morgan fingerprint density at radius 1 is 1.57 bits per heavy atom. The van der Waals surface area contributed by atoms with E-state index in [1.54, 1.807) is 0 Å². The van der Waals surface area contributed by atoms with Crippen molar-refractivity contribution in [1.29, 1.82) is 0 Å². The maximum absolute atomic E-state index is 10.6. The predicted molar refractivity (Wildman–Crippen MR) is 49.8 cm³/mol. The van der Waals surface area contributed by atoms with E-state index in [1.165, 1.54) is 13.0 Å². The number of carboxylic acids is 1. The van der Waals surface area contributed by atoms with E-state index in [0.717, 1.165) is 6.07 Å². The number of nitrogens with zero attached hydrogens (tertiary/aromatic N) is 1. The van der Waals surface area contributed by atoms with Gasteiger partial charge in [-0.1, -0.05) is 11.6 Å². The fourth-order valence-electron chi connectivity index (χ4n) is 0.977. The molecule has 0 spiro atoms. The average Bonchev–Trinajstić information content (AvgIpc) is 2.08. The number of nitro benzene ring substituents is 1. The molecule has 0 saturated carbocycles. The van der Waals surface area contributed by atoms with E-state index in [9.17, 15) is 14.9 Å². The number of aromatic carboxylic acids is 1. The second-order valence-electron chi connectivity index (χ2n) is 2.66. The Hall–Kier alpha value is -1.62. The zero-order chi connectivity index (χ0) is 10.9. The molecule has 0 radical (unpaired) electrons. The van der Waals surface area contributed by atoms with E-state index in [4.69, 9.17) is 16.7 Å². The SMILES string of the molecule is Cc1c(Cl)cc(C(=O)O)cc1[N+](=O)[O-]. The van der Waals surface area contributed by atoms with Crippen LogP contribution in [0.3, 0.4) is 0 Å². The van der Waals surface area contributed by atoms with Crippen LogP contribution >= 0.6 is 11.6 Å². The van der Waals surface area contributed by atoms with Crippen LogP contribution in [0.1, 0.15) is 15.9 Å². The zero-order valence-corrected chi connectivity index (χ0v) is 7.91. The molecule has 0 aliphatic carbocycles. The summed E-state index contributed by atoms with van der Waals surface area (Å²) in [5.41, 5.74) is -0.205. The molecule has 0 saturated heterocycles. The summed E-state index contributed by atoms with van der Waals surface area (Å²) in [7, 11) is 0. The van der Waals surface area contributed by atoms with Crippen LogP contribution in [0.5, 0.6) is 0 Å². The number of benzene rings is 1. The van der Waals surface area contributed by atoms with Gasteiger partial charge >= 0.3 is 5.97 Å². The largest absolute Gasteiger partial charge is 0.478 e. The molecular weight excluding hydrogens is 210 g/mol. The van der Waals surface area contributed by atoms with Gasteiger partial charge in [-0.05, 0) is 13.0 Å². The highest BCUT2D eigenvalue weighted by atomic mass is 35.5. The minimum atomic E-state index is -1.24. The first-order chi connectivity index (χ1) is 6.43. The van der Waals surface area contributed by atoms with Crippen molar-refractivity contribution in [2.24, 2.45) is 0 Å². The van der Waals surface area contributed by atoms with Gasteiger partial charge < -0.3 is 5.11 Å². The third-order valence-electron chi connectivity index (χ3n) is 1.76. The van der Waals surface area contributed by atoms with Crippen molar-refractivity contribution in [3.63, 3.8) is 0 Å². The molecular formula is C8H6ClNO4. The van der Waals surface area contributed by atoms with E-state index in [0.29, 0.717) is 0 Å². The summed E-state index contributed by atoms with van der Waals surface area (Å²) in [6.45, 7) is 1.46. The minimum Gasteiger partial charge on any atom is -0.478 e. The Bertz CT molecular complexity index is 416. The molecule has 0 aliphatic rings. The Morgan fingerprint density at radius 3 is 2.57 bits per heavy atom. The van der Waals surface area contributed by atoms with Gasteiger partial charge in [0, 0.05) is 11.6 Å². The first-order valence-corrected chi connectivity index (χ1v) is 3.99. The van der Waals surface area contributed by atoms with Crippen molar-refractivity contribution in [3.05, 3.63) is 38.4 Å². The molecule has 1 aromatic carbocycles. The van der Waals surface area contributed by atoms with E-state index >= 15 is 0 Å². The first kappa shape index (κ1) is 10.5. The van der Waals surface area contributed by atoms with Crippen molar-refractivity contribution < 1.29 is 14.8 Å². The Labute approximate surface area is 84.1 Å². The normalized spacial score (nSPS) is 9.86. The Balaban J connectivity index is 3.43. The second-order valence-corrected chi connectivity index (χ2v) is 3.07. The average molecular weight is 216 g/mol. The van der Waals surface area contributed by atoms with Crippen LogP contribution in [-0.2, 0) is 0 Å². The van der Waals surface area contributed by atoms with Gasteiger partial charge in [-0.3, -0.25) is 10.1 Å². The molecule has 0 amide bonds. The molecule has 0 heterocycles. The van der Waals surface area contributed by atoms with Crippen molar-refractivity contribution in [3.8, 4) is 0 Å².